The summed E-state index contributed by atoms with van der Waals surface area (Å²) in [7, 11) is 2.05. The third-order valence-corrected chi connectivity index (χ3v) is 5.46. The maximum absolute atomic E-state index is 9.30. The highest BCUT2D eigenvalue weighted by Gasteiger charge is 2.13. The Hall–Kier alpha value is -3.39. The lowest BCUT2D eigenvalue weighted by Crippen LogP contribution is -2.18. The second-order valence-corrected chi connectivity index (χ2v) is 7.50. The molecule has 0 fully saturated rings. The van der Waals surface area contributed by atoms with Crippen LogP contribution in [0.4, 0.5) is 5.69 Å². The van der Waals surface area contributed by atoms with Crippen LogP contribution in [-0.2, 0) is 7.05 Å². The van der Waals surface area contributed by atoms with E-state index in [-0.39, 0.29) is 0 Å². The molecule has 146 valence electrons. The average Bonchev–Trinajstić information content (AvgIpc) is 3.12. The van der Waals surface area contributed by atoms with E-state index in [1.54, 1.807) is 6.20 Å². The maximum atomic E-state index is 9.30. The minimum Gasteiger partial charge on any atom is -0.382 e. The molecular formula is C24H25N5. The number of anilines is 1. The summed E-state index contributed by atoms with van der Waals surface area (Å²) in [5, 5.41) is 14.2. The van der Waals surface area contributed by atoms with Crippen molar-refractivity contribution >= 4 is 27.6 Å². The fraction of sp³-hybridized carbons (Fsp3) is 0.292. The second-order valence-electron chi connectivity index (χ2n) is 7.50. The Morgan fingerprint density at radius 3 is 2.79 bits per heavy atom. The molecule has 1 N–H and O–H groups in total. The minimum absolute atomic E-state index is 0.330. The number of aromatic nitrogens is 3. The van der Waals surface area contributed by atoms with Gasteiger partial charge in [-0.25, -0.2) is 4.98 Å². The van der Waals surface area contributed by atoms with Gasteiger partial charge >= 0.3 is 0 Å². The van der Waals surface area contributed by atoms with E-state index in [0.717, 1.165) is 52.6 Å². The molecule has 0 radical (unpaired) electrons. The van der Waals surface area contributed by atoms with Crippen LogP contribution in [0.1, 0.15) is 38.8 Å². The Kier molecular flexibility index (Phi) is 5.18. The number of nitrogens with zero attached hydrogens (tertiary/aromatic N) is 4. The van der Waals surface area contributed by atoms with Crippen LogP contribution in [0, 0.1) is 11.3 Å². The number of hydrogen-bond donors (Lipinski definition) is 1. The van der Waals surface area contributed by atoms with E-state index >= 15 is 0 Å². The summed E-state index contributed by atoms with van der Waals surface area (Å²) >= 11 is 0. The zero-order valence-electron chi connectivity index (χ0n) is 17.1. The molecule has 5 nitrogen and oxygen atoms in total. The number of aryl methyl sites for hydroxylation is 1. The van der Waals surface area contributed by atoms with Crippen LogP contribution in [0.25, 0.3) is 33.1 Å². The molecule has 5 heteroatoms. The summed E-state index contributed by atoms with van der Waals surface area (Å²) in [5.41, 5.74) is 6.14. The molecule has 0 bridgehead atoms. The molecule has 2 heterocycles. The molecule has 2 aromatic heterocycles. The Morgan fingerprint density at radius 1 is 1.17 bits per heavy atom. The van der Waals surface area contributed by atoms with Crippen molar-refractivity contribution in [3.05, 3.63) is 54.5 Å². The Bertz CT molecular complexity index is 1220. The smallest absolute Gasteiger partial charge is 0.159 e. The minimum atomic E-state index is 0.330. The highest BCUT2D eigenvalue weighted by Crippen LogP contribution is 2.33. The maximum Gasteiger partial charge on any atom is 0.159 e. The van der Waals surface area contributed by atoms with Crippen LogP contribution in [-0.4, -0.2) is 20.6 Å². The predicted octanol–water partition coefficient (Wildman–Crippen LogP) is 5.65. The standard InChI is InChI=1S/C24H25N5/c1-4-6-18(5-2)27-19-12-21(24-22(13-19)26-15-20(14-25)28-24)17-8-7-16-9-10-29(3)23(16)11-17/h7-13,15,18,27H,4-6H2,1-3H3. The predicted molar refractivity (Wildman–Crippen MR) is 119 cm³/mol. The molecule has 0 aliphatic carbocycles. The summed E-state index contributed by atoms with van der Waals surface area (Å²) in [6.45, 7) is 4.41. The highest BCUT2D eigenvalue weighted by molar-refractivity contribution is 5.97. The first kappa shape index (κ1) is 18.9. The molecular weight excluding hydrogens is 358 g/mol. The largest absolute Gasteiger partial charge is 0.382 e. The lowest BCUT2D eigenvalue weighted by Gasteiger charge is -2.19. The fourth-order valence-electron chi connectivity index (χ4n) is 3.86. The Labute approximate surface area is 171 Å². The van der Waals surface area contributed by atoms with Gasteiger partial charge in [0.2, 0.25) is 0 Å². The van der Waals surface area contributed by atoms with Gasteiger partial charge in [-0.3, -0.25) is 4.98 Å². The van der Waals surface area contributed by atoms with Gasteiger partial charge in [-0.2, -0.15) is 5.26 Å². The summed E-state index contributed by atoms with van der Waals surface area (Å²) in [6, 6.07) is 15.2. The van der Waals surface area contributed by atoms with Gasteiger partial charge in [0, 0.05) is 36.1 Å². The zero-order valence-corrected chi connectivity index (χ0v) is 17.1. The molecule has 0 amide bonds. The fourth-order valence-corrected chi connectivity index (χ4v) is 3.86. The molecule has 1 atom stereocenters. The van der Waals surface area contributed by atoms with Crippen molar-refractivity contribution in [2.24, 2.45) is 7.05 Å². The van der Waals surface area contributed by atoms with E-state index in [2.05, 4.69) is 76.3 Å². The number of rotatable bonds is 6. The van der Waals surface area contributed by atoms with Crippen LogP contribution in [0.3, 0.4) is 0 Å². The summed E-state index contributed by atoms with van der Waals surface area (Å²) in [6.07, 6.45) is 6.93. The molecule has 0 saturated carbocycles. The first-order valence-corrected chi connectivity index (χ1v) is 10.2. The molecule has 0 aliphatic rings. The molecule has 0 aliphatic heterocycles. The Morgan fingerprint density at radius 2 is 2.03 bits per heavy atom. The van der Waals surface area contributed by atoms with Gasteiger partial charge in [0.05, 0.1) is 17.2 Å². The lowest BCUT2D eigenvalue weighted by molar-refractivity contribution is 0.623. The Balaban J connectivity index is 1.90. The van der Waals surface area contributed by atoms with Gasteiger partial charge in [0.25, 0.3) is 0 Å². The van der Waals surface area contributed by atoms with Crippen molar-refractivity contribution in [1.29, 1.82) is 5.26 Å². The van der Waals surface area contributed by atoms with Crippen molar-refractivity contribution < 1.29 is 0 Å². The van der Waals surface area contributed by atoms with Crippen molar-refractivity contribution in [3.8, 4) is 17.2 Å². The molecule has 0 spiro atoms. The second kappa shape index (κ2) is 7.92. The number of nitriles is 1. The normalized spacial score (nSPS) is 12.2. The SMILES string of the molecule is CCCC(CC)Nc1cc(-c2ccc3ccn(C)c3c2)c2nc(C#N)cnc2c1. The van der Waals surface area contributed by atoms with Gasteiger partial charge in [-0.1, -0.05) is 32.4 Å². The quantitative estimate of drug-likeness (QED) is 0.467. The number of hydrogen-bond acceptors (Lipinski definition) is 4. The topological polar surface area (TPSA) is 66.5 Å². The van der Waals surface area contributed by atoms with Crippen molar-refractivity contribution in [1.82, 2.24) is 14.5 Å². The summed E-state index contributed by atoms with van der Waals surface area (Å²) in [4.78, 5) is 9.10. The van der Waals surface area contributed by atoms with E-state index in [1.807, 2.05) is 13.1 Å². The van der Waals surface area contributed by atoms with E-state index < -0.39 is 0 Å². The van der Waals surface area contributed by atoms with Crippen LogP contribution < -0.4 is 5.32 Å². The van der Waals surface area contributed by atoms with Crippen LogP contribution in [0.5, 0.6) is 0 Å². The van der Waals surface area contributed by atoms with E-state index in [1.165, 1.54) is 5.39 Å². The third kappa shape index (κ3) is 3.66. The number of benzene rings is 2. The van der Waals surface area contributed by atoms with Crippen LogP contribution >= 0.6 is 0 Å². The van der Waals surface area contributed by atoms with Gasteiger partial charge in [-0.15, -0.1) is 0 Å². The van der Waals surface area contributed by atoms with Crippen LogP contribution in [0.2, 0.25) is 0 Å². The van der Waals surface area contributed by atoms with E-state index in [0.29, 0.717) is 11.7 Å². The molecule has 0 saturated heterocycles. The van der Waals surface area contributed by atoms with Crippen molar-refractivity contribution in [3.63, 3.8) is 0 Å². The van der Waals surface area contributed by atoms with Crippen LogP contribution in [0.15, 0.2) is 48.8 Å². The summed E-state index contributed by atoms with van der Waals surface area (Å²) in [5.74, 6) is 0. The molecule has 1 unspecified atom stereocenters. The molecule has 2 aromatic carbocycles. The monoisotopic (exact) mass is 383 g/mol. The van der Waals surface area contributed by atoms with Gasteiger partial charge < -0.3 is 9.88 Å². The van der Waals surface area contributed by atoms with Crippen molar-refractivity contribution in [2.45, 2.75) is 39.2 Å². The summed E-state index contributed by atoms with van der Waals surface area (Å²) < 4.78 is 2.11. The third-order valence-electron chi connectivity index (χ3n) is 5.46. The first-order chi connectivity index (χ1) is 14.1. The van der Waals surface area contributed by atoms with E-state index in [9.17, 15) is 5.26 Å². The molecule has 29 heavy (non-hydrogen) atoms. The van der Waals surface area contributed by atoms with Gasteiger partial charge in [-0.05, 0) is 48.1 Å². The van der Waals surface area contributed by atoms with Crippen molar-refractivity contribution in [2.75, 3.05) is 5.32 Å². The molecule has 4 rings (SSSR count). The lowest BCUT2D eigenvalue weighted by atomic mass is 10.0. The van der Waals surface area contributed by atoms with E-state index in [4.69, 9.17) is 0 Å². The van der Waals surface area contributed by atoms with Gasteiger partial charge in [0.1, 0.15) is 6.07 Å². The van der Waals surface area contributed by atoms with Gasteiger partial charge in [0.15, 0.2) is 5.69 Å². The average molecular weight is 383 g/mol. The first-order valence-electron chi connectivity index (χ1n) is 10.2. The number of nitrogens with one attached hydrogen (secondary N) is 1. The molecule has 4 aromatic rings. The number of fused-ring (bicyclic) bond motifs is 2. The zero-order chi connectivity index (χ0) is 20.4. The highest BCUT2D eigenvalue weighted by atomic mass is 14.9.